The van der Waals surface area contributed by atoms with Crippen molar-refractivity contribution in [3.63, 3.8) is 0 Å². The molecule has 4 heteroatoms. The van der Waals surface area contributed by atoms with Crippen molar-refractivity contribution >= 4 is 0 Å². The third-order valence-electron chi connectivity index (χ3n) is 7.65. The molecule has 0 saturated heterocycles. The van der Waals surface area contributed by atoms with Gasteiger partial charge in [0.05, 0.1) is 18.1 Å². The lowest BCUT2D eigenvalue weighted by atomic mass is 9.53. The molecule has 0 amide bonds. The van der Waals surface area contributed by atoms with Crippen LogP contribution in [0.4, 0.5) is 0 Å². The summed E-state index contributed by atoms with van der Waals surface area (Å²) < 4.78 is 11.9. The summed E-state index contributed by atoms with van der Waals surface area (Å²) in [5, 5.41) is 15.7. The van der Waals surface area contributed by atoms with Crippen molar-refractivity contribution in [3.05, 3.63) is 23.3 Å². The van der Waals surface area contributed by atoms with Gasteiger partial charge in [-0.25, -0.2) is 0 Å². The molecule has 0 unspecified atom stereocenters. The van der Waals surface area contributed by atoms with Crippen molar-refractivity contribution in [1.82, 2.24) is 5.32 Å². The van der Waals surface area contributed by atoms with E-state index in [2.05, 4.69) is 18.3 Å². The Morgan fingerprint density at radius 2 is 2.12 bits per heavy atom. The SMILES string of the molecule is COc1ccc2c3c1O[C@@H]1CCC[C@](O)([C@@H](NCC4CCC4)C2)[C@]31C. The van der Waals surface area contributed by atoms with E-state index in [-0.39, 0.29) is 17.6 Å². The topological polar surface area (TPSA) is 50.7 Å². The van der Waals surface area contributed by atoms with Crippen LogP contribution >= 0.6 is 0 Å². The summed E-state index contributed by atoms with van der Waals surface area (Å²) in [4.78, 5) is 0. The quantitative estimate of drug-likeness (QED) is 0.883. The molecular weight excluding hydrogens is 314 g/mol. The smallest absolute Gasteiger partial charge is 0.165 e. The molecule has 1 aromatic carbocycles. The first-order valence-electron chi connectivity index (χ1n) is 9.90. The molecule has 136 valence electrons. The minimum Gasteiger partial charge on any atom is -0.493 e. The third kappa shape index (κ3) is 1.95. The highest BCUT2D eigenvalue weighted by Crippen LogP contribution is 2.61. The van der Waals surface area contributed by atoms with Gasteiger partial charge in [-0.3, -0.25) is 0 Å². The third-order valence-corrected chi connectivity index (χ3v) is 7.65. The van der Waals surface area contributed by atoms with Crippen LogP contribution in [0.3, 0.4) is 0 Å². The number of methoxy groups -OCH3 is 1. The number of nitrogens with one attached hydrogen (secondary N) is 1. The molecule has 0 bridgehead atoms. The zero-order valence-electron chi connectivity index (χ0n) is 15.3. The van der Waals surface area contributed by atoms with E-state index in [1.165, 1.54) is 30.4 Å². The highest BCUT2D eigenvalue weighted by Gasteiger charge is 2.66. The Labute approximate surface area is 149 Å². The Hall–Kier alpha value is -1.26. The minimum absolute atomic E-state index is 0.0459. The standard InChI is InChI=1S/C21H29NO3/c1-20-17-7-4-10-21(20,23)16(22-12-13-5-3-6-13)11-14-8-9-15(24-2)19(25-17)18(14)20/h8-9,13,16-17,22-23H,3-7,10-12H2,1-2H3/t16-,17+,20-,21-/m0/s1. The number of ether oxygens (including phenoxy) is 2. The largest absolute Gasteiger partial charge is 0.493 e. The molecule has 0 radical (unpaired) electrons. The molecule has 1 aromatic rings. The van der Waals surface area contributed by atoms with Crippen LogP contribution in [-0.4, -0.2) is 36.5 Å². The van der Waals surface area contributed by atoms with Crippen molar-refractivity contribution in [2.45, 2.75) is 75.0 Å². The number of hydrogen-bond donors (Lipinski definition) is 2. The van der Waals surface area contributed by atoms with Crippen molar-refractivity contribution in [1.29, 1.82) is 0 Å². The molecule has 25 heavy (non-hydrogen) atoms. The van der Waals surface area contributed by atoms with Gasteiger partial charge in [-0.15, -0.1) is 0 Å². The molecule has 1 heterocycles. The molecule has 2 fully saturated rings. The van der Waals surface area contributed by atoms with E-state index in [0.717, 1.165) is 49.6 Å². The molecule has 2 saturated carbocycles. The average molecular weight is 343 g/mol. The van der Waals surface area contributed by atoms with Gasteiger partial charge in [0.1, 0.15) is 6.10 Å². The normalized spacial score (nSPS) is 38.7. The van der Waals surface area contributed by atoms with Gasteiger partial charge in [-0.05, 0) is 69.5 Å². The molecule has 4 nitrogen and oxygen atoms in total. The van der Waals surface area contributed by atoms with E-state index in [1.54, 1.807) is 7.11 Å². The maximum Gasteiger partial charge on any atom is 0.165 e. The fourth-order valence-corrected chi connectivity index (χ4v) is 5.87. The summed E-state index contributed by atoms with van der Waals surface area (Å²) in [6.07, 6.45) is 7.82. The van der Waals surface area contributed by atoms with Crippen molar-refractivity contribution in [2.75, 3.05) is 13.7 Å². The van der Waals surface area contributed by atoms with E-state index in [1.807, 2.05) is 6.07 Å². The predicted octanol–water partition coefficient (Wildman–Crippen LogP) is 2.94. The van der Waals surface area contributed by atoms with Gasteiger partial charge < -0.3 is 19.9 Å². The Balaban J connectivity index is 1.58. The van der Waals surface area contributed by atoms with Gasteiger partial charge in [0.25, 0.3) is 0 Å². The summed E-state index contributed by atoms with van der Waals surface area (Å²) in [6.45, 7) is 3.26. The lowest BCUT2D eigenvalue weighted by molar-refractivity contribution is -0.125. The van der Waals surface area contributed by atoms with Crippen LogP contribution < -0.4 is 14.8 Å². The van der Waals surface area contributed by atoms with Crippen LogP contribution in [0.15, 0.2) is 12.1 Å². The van der Waals surface area contributed by atoms with Gasteiger partial charge in [-0.1, -0.05) is 12.5 Å². The van der Waals surface area contributed by atoms with Crippen LogP contribution in [0.1, 0.15) is 56.6 Å². The molecule has 0 spiro atoms. The lowest BCUT2D eigenvalue weighted by Crippen LogP contribution is -2.70. The highest BCUT2D eigenvalue weighted by atomic mass is 16.5. The van der Waals surface area contributed by atoms with Crippen LogP contribution in [0.25, 0.3) is 0 Å². The van der Waals surface area contributed by atoms with E-state index >= 15 is 0 Å². The second-order valence-electron chi connectivity index (χ2n) is 8.72. The monoisotopic (exact) mass is 343 g/mol. The molecule has 0 aromatic heterocycles. The Bertz CT molecular complexity index is 701. The fourth-order valence-electron chi connectivity index (χ4n) is 5.87. The van der Waals surface area contributed by atoms with Gasteiger partial charge >= 0.3 is 0 Å². The van der Waals surface area contributed by atoms with Gasteiger partial charge in [0.2, 0.25) is 0 Å². The average Bonchev–Trinajstić information content (AvgIpc) is 2.87. The number of benzene rings is 1. The van der Waals surface area contributed by atoms with Crippen LogP contribution in [0.5, 0.6) is 11.5 Å². The van der Waals surface area contributed by atoms with E-state index in [9.17, 15) is 5.11 Å². The Kier molecular flexibility index (Phi) is 3.43. The lowest BCUT2D eigenvalue weighted by Gasteiger charge is -2.56. The van der Waals surface area contributed by atoms with Gasteiger partial charge in [-0.2, -0.15) is 0 Å². The summed E-state index contributed by atoms with van der Waals surface area (Å²) in [7, 11) is 1.70. The first kappa shape index (κ1) is 16.0. The van der Waals surface area contributed by atoms with E-state index in [4.69, 9.17) is 9.47 Å². The van der Waals surface area contributed by atoms with Crippen LogP contribution in [0.2, 0.25) is 0 Å². The molecule has 4 aliphatic rings. The minimum atomic E-state index is -0.746. The second-order valence-corrected chi connectivity index (χ2v) is 8.72. The zero-order valence-corrected chi connectivity index (χ0v) is 15.3. The van der Waals surface area contributed by atoms with E-state index in [0.29, 0.717) is 0 Å². The Morgan fingerprint density at radius 1 is 1.28 bits per heavy atom. The first-order chi connectivity index (χ1) is 12.1. The zero-order chi connectivity index (χ0) is 17.2. The van der Waals surface area contributed by atoms with Gasteiger partial charge in [0, 0.05) is 11.6 Å². The molecule has 3 aliphatic carbocycles. The second kappa shape index (κ2) is 5.37. The fraction of sp³-hybridized carbons (Fsp3) is 0.714. The number of hydrogen-bond acceptors (Lipinski definition) is 4. The predicted molar refractivity (Wildman–Crippen MR) is 96.4 cm³/mol. The first-order valence-corrected chi connectivity index (χ1v) is 9.90. The molecule has 1 aliphatic heterocycles. The van der Waals surface area contributed by atoms with Gasteiger partial charge in [0.15, 0.2) is 11.5 Å². The maximum absolute atomic E-state index is 11.9. The number of rotatable bonds is 4. The van der Waals surface area contributed by atoms with Crippen molar-refractivity contribution < 1.29 is 14.6 Å². The molecular formula is C21H29NO3. The summed E-state index contributed by atoms with van der Waals surface area (Å²) >= 11 is 0. The summed E-state index contributed by atoms with van der Waals surface area (Å²) in [5.74, 6) is 2.48. The molecule has 4 atom stereocenters. The maximum atomic E-state index is 11.9. The summed E-state index contributed by atoms with van der Waals surface area (Å²) in [5.41, 5.74) is 1.43. The Morgan fingerprint density at radius 3 is 2.84 bits per heavy atom. The highest BCUT2D eigenvalue weighted by molar-refractivity contribution is 5.61. The molecule has 2 N–H and O–H groups in total. The van der Waals surface area contributed by atoms with Crippen LogP contribution in [0, 0.1) is 5.92 Å². The van der Waals surface area contributed by atoms with E-state index < -0.39 is 5.60 Å². The number of aliphatic hydroxyl groups is 1. The van der Waals surface area contributed by atoms with Crippen molar-refractivity contribution in [3.8, 4) is 11.5 Å². The summed E-state index contributed by atoms with van der Waals surface area (Å²) in [6, 6.07) is 4.32. The van der Waals surface area contributed by atoms with Crippen LogP contribution in [-0.2, 0) is 11.8 Å². The van der Waals surface area contributed by atoms with Crippen molar-refractivity contribution in [2.24, 2.45) is 5.92 Å². The molecule has 5 rings (SSSR count).